The molecule has 0 aliphatic heterocycles. The van der Waals surface area contributed by atoms with Crippen LogP contribution in [0.2, 0.25) is 0 Å². The van der Waals surface area contributed by atoms with Gasteiger partial charge in [0.1, 0.15) is 10.7 Å². The van der Waals surface area contributed by atoms with Crippen molar-refractivity contribution in [3.05, 3.63) is 29.4 Å². The number of nitrogens with zero attached hydrogens (tertiary/aromatic N) is 3. The number of hydrogen-bond donors (Lipinski definition) is 1. The van der Waals surface area contributed by atoms with Crippen molar-refractivity contribution in [3.8, 4) is 10.7 Å². The van der Waals surface area contributed by atoms with E-state index in [1.807, 2.05) is 18.2 Å². The van der Waals surface area contributed by atoms with Gasteiger partial charge in [0, 0.05) is 6.20 Å². The van der Waals surface area contributed by atoms with Crippen LogP contribution >= 0.6 is 11.3 Å². The van der Waals surface area contributed by atoms with Gasteiger partial charge in [-0.3, -0.25) is 4.98 Å². The van der Waals surface area contributed by atoms with E-state index < -0.39 is 0 Å². The summed E-state index contributed by atoms with van der Waals surface area (Å²) in [5, 5.41) is 13.8. The van der Waals surface area contributed by atoms with Crippen LogP contribution in [0.25, 0.3) is 10.7 Å². The maximum absolute atomic E-state index is 4.28. The normalized spacial score (nSPS) is 12.6. The first kappa shape index (κ1) is 12.1. The molecule has 1 atom stereocenters. The van der Waals surface area contributed by atoms with Gasteiger partial charge in [-0.05, 0) is 25.1 Å². The van der Waals surface area contributed by atoms with Crippen LogP contribution in [-0.4, -0.2) is 21.7 Å². The first-order valence-electron chi connectivity index (χ1n) is 5.83. The first-order valence-corrected chi connectivity index (χ1v) is 6.65. The number of hydrogen-bond acceptors (Lipinski definition) is 5. The average molecular weight is 248 g/mol. The van der Waals surface area contributed by atoms with Gasteiger partial charge in [-0.15, -0.1) is 10.2 Å². The molecule has 2 aromatic rings. The van der Waals surface area contributed by atoms with Crippen LogP contribution in [-0.2, 0) is 0 Å². The molecular formula is C12H16N4S. The van der Waals surface area contributed by atoms with Gasteiger partial charge in [0.05, 0.1) is 6.04 Å². The lowest BCUT2D eigenvalue weighted by Gasteiger charge is -2.10. The molecule has 0 radical (unpaired) electrons. The fourth-order valence-corrected chi connectivity index (χ4v) is 2.60. The summed E-state index contributed by atoms with van der Waals surface area (Å²) in [6, 6.07) is 6.12. The van der Waals surface area contributed by atoms with Crippen molar-refractivity contribution in [1.82, 2.24) is 20.5 Å². The highest BCUT2D eigenvalue weighted by molar-refractivity contribution is 7.14. The summed E-state index contributed by atoms with van der Waals surface area (Å²) >= 11 is 1.61. The summed E-state index contributed by atoms with van der Waals surface area (Å²) < 4.78 is 0. The van der Waals surface area contributed by atoms with Crippen LogP contribution in [0.15, 0.2) is 24.4 Å². The predicted molar refractivity (Wildman–Crippen MR) is 69.8 cm³/mol. The Morgan fingerprint density at radius 2 is 2.18 bits per heavy atom. The number of nitrogens with one attached hydrogen (secondary N) is 1. The Balaban J connectivity index is 2.21. The molecule has 1 N–H and O–H groups in total. The lowest BCUT2D eigenvalue weighted by Crippen LogP contribution is -2.19. The van der Waals surface area contributed by atoms with Crippen LogP contribution < -0.4 is 5.32 Å². The molecule has 0 amide bonds. The van der Waals surface area contributed by atoms with Gasteiger partial charge in [-0.25, -0.2) is 0 Å². The molecule has 0 bridgehead atoms. The topological polar surface area (TPSA) is 50.7 Å². The van der Waals surface area contributed by atoms with E-state index in [4.69, 9.17) is 0 Å². The summed E-state index contributed by atoms with van der Waals surface area (Å²) in [7, 11) is 0. The smallest absolute Gasteiger partial charge is 0.166 e. The highest BCUT2D eigenvalue weighted by atomic mass is 32.1. The Bertz CT molecular complexity index is 455. The molecule has 0 saturated carbocycles. The Hall–Kier alpha value is -1.33. The summed E-state index contributed by atoms with van der Waals surface area (Å²) in [5.74, 6) is 0. The fraction of sp³-hybridized carbons (Fsp3) is 0.417. The third-order valence-electron chi connectivity index (χ3n) is 2.48. The highest BCUT2D eigenvalue weighted by Gasteiger charge is 2.14. The van der Waals surface area contributed by atoms with E-state index in [1.54, 1.807) is 17.5 Å². The molecule has 0 aliphatic carbocycles. The minimum atomic E-state index is 0.301. The molecule has 2 heterocycles. The number of pyridine rings is 1. The maximum Gasteiger partial charge on any atom is 0.166 e. The second-order valence-electron chi connectivity index (χ2n) is 3.68. The van der Waals surface area contributed by atoms with E-state index >= 15 is 0 Å². The van der Waals surface area contributed by atoms with Crippen LogP contribution in [0.4, 0.5) is 0 Å². The zero-order valence-electron chi connectivity index (χ0n) is 10.1. The third-order valence-corrected chi connectivity index (χ3v) is 3.54. The zero-order chi connectivity index (χ0) is 12.1. The average Bonchev–Trinajstić information content (AvgIpc) is 2.86. The molecule has 90 valence electrons. The lowest BCUT2D eigenvalue weighted by atomic mass is 10.2. The molecule has 0 spiro atoms. The van der Waals surface area contributed by atoms with E-state index in [2.05, 4.69) is 34.3 Å². The SMILES string of the molecule is CCNC(CC)c1nnc(-c2ccccn2)s1. The fourth-order valence-electron chi connectivity index (χ4n) is 1.62. The highest BCUT2D eigenvalue weighted by Crippen LogP contribution is 2.26. The number of aromatic nitrogens is 3. The molecule has 2 rings (SSSR count). The van der Waals surface area contributed by atoms with Crippen molar-refractivity contribution in [3.63, 3.8) is 0 Å². The second-order valence-corrected chi connectivity index (χ2v) is 4.69. The van der Waals surface area contributed by atoms with Crippen LogP contribution in [0, 0.1) is 0 Å². The molecule has 2 aromatic heterocycles. The molecule has 4 nitrogen and oxygen atoms in total. The molecule has 0 aromatic carbocycles. The van der Waals surface area contributed by atoms with Crippen LogP contribution in [0.3, 0.4) is 0 Å². The van der Waals surface area contributed by atoms with E-state index in [1.165, 1.54) is 0 Å². The summed E-state index contributed by atoms with van der Waals surface area (Å²) in [6.07, 6.45) is 2.79. The Morgan fingerprint density at radius 3 is 2.82 bits per heavy atom. The first-order chi connectivity index (χ1) is 8.35. The second kappa shape index (κ2) is 5.84. The largest absolute Gasteiger partial charge is 0.308 e. The lowest BCUT2D eigenvalue weighted by molar-refractivity contribution is 0.531. The van der Waals surface area contributed by atoms with E-state index in [0.29, 0.717) is 6.04 Å². The minimum absolute atomic E-state index is 0.301. The molecule has 0 aliphatic rings. The van der Waals surface area contributed by atoms with Gasteiger partial charge in [-0.2, -0.15) is 0 Å². The van der Waals surface area contributed by atoms with E-state index in [9.17, 15) is 0 Å². The molecule has 5 heteroatoms. The van der Waals surface area contributed by atoms with Gasteiger partial charge in [-0.1, -0.05) is 31.3 Å². The van der Waals surface area contributed by atoms with Crippen molar-refractivity contribution in [2.45, 2.75) is 26.3 Å². The van der Waals surface area contributed by atoms with Gasteiger partial charge in [0.2, 0.25) is 0 Å². The van der Waals surface area contributed by atoms with Crippen molar-refractivity contribution in [2.75, 3.05) is 6.54 Å². The Kier molecular flexibility index (Phi) is 4.17. The van der Waals surface area contributed by atoms with Crippen LogP contribution in [0.5, 0.6) is 0 Å². The third kappa shape index (κ3) is 2.87. The van der Waals surface area contributed by atoms with E-state index in [0.717, 1.165) is 28.7 Å². The van der Waals surface area contributed by atoms with Gasteiger partial charge >= 0.3 is 0 Å². The standard InChI is InChI=1S/C12H16N4S/c1-3-9(13-4-2)11-15-16-12(17-11)10-7-5-6-8-14-10/h5-9,13H,3-4H2,1-2H3. The van der Waals surface area contributed by atoms with Crippen molar-refractivity contribution >= 4 is 11.3 Å². The molecule has 0 fully saturated rings. The molecule has 17 heavy (non-hydrogen) atoms. The van der Waals surface area contributed by atoms with E-state index in [-0.39, 0.29) is 0 Å². The summed E-state index contributed by atoms with van der Waals surface area (Å²) in [6.45, 7) is 5.19. The molecule has 0 saturated heterocycles. The summed E-state index contributed by atoms with van der Waals surface area (Å²) in [5.41, 5.74) is 0.891. The van der Waals surface area contributed by atoms with Crippen molar-refractivity contribution < 1.29 is 0 Å². The zero-order valence-corrected chi connectivity index (χ0v) is 10.9. The minimum Gasteiger partial charge on any atom is -0.308 e. The Morgan fingerprint density at radius 1 is 1.29 bits per heavy atom. The van der Waals surface area contributed by atoms with Crippen LogP contribution in [0.1, 0.15) is 31.3 Å². The van der Waals surface area contributed by atoms with Crippen molar-refractivity contribution in [2.24, 2.45) is 0 Å². The number of rotatable bonds is 5. The molecular weight excluding hydrogens is 232 g/mol. The van der Waals surface area contributed by atoms with Gasteiger partial charge in [0.25, 0.3) is 0 Å². The molecule has 1 unspecified atom stereocenters. The van der Waals surface area contributed by atoms with Crippen molar-refractivity contribution in [1.29, 1.82) is 0 Å². The monoisotopic (exact) mass is 248 g/mol. The maximum atomic E-state index is 4.28. The van der Waals surface area contributed by atoms with Gasteiger partial charge in [0.15, 0.2) is 5.01 Å². The Labute approximate surface area is 105 Å². The van der Waals surface area contributed by atoms with Gasteiger partial charge < -0.3 is 5.32 Å². The predicted octanol–water partition coefficient (Wildman–Crippen LogP) is 2.66. The quantitative estimate of drug-likeness (QED) is 0.883. The summed E-state index contributed by atoms with van der Waals surface area (Å²) in [4.78, 5) is 4.28.